The van der Waals surface area contributed by atoms with E-state index in [1.807, 2.05) is 0 Å². The average molecular weight is 272 g/mol. The number of hydrogen-bond acceptors (Lipinski definition) is 1. The molecule has 0 saturated carbocycles. The number of fused-ring (bicyclic) bond motifs is 1. The van der Waals surface area contributed by atoms with Crippen molar-refractivity contribution in [3.05, 3.63) is 36.0 Å². The molecule has 1 aromatic carbocycles. The zero-order chi connectivity index (χ0) is 14.2. The summed E-state index contributed by atoms with van der Waals surface area (Å²) in [5, 5.41) is 1.32. The molecule has 1 heterocycles. The van der Waals surface area contributed by atoms with E-state index in [-0.39, 0.29) is 0 Å². The molecule has 0 unspecified atom stereocenters. The van der Waals surface area contributed by atoms with E-state index in [0.717, 1.165) is 6.54 Å². The highest BCUT2D eigenvalue weighted by atomic mass is 14.9. The van der Waals surface area contributed by atoms with Gasteiger partial charge in [0.1, 0.15) is 0 Å². The van der Waals surface area contributed by atoms with Gasteiger partial charge in [0.25, 0.3) is 0 Å². The van der Waals surface area contributed by atoms with Gasteiger partial charge in [-0.2, -0.15) is 0 Å². The summed E-state index contributed by atoms with van der Waals surface area (Å²) < 4.78 is 2.38. The largest absolute Gasteiger partial charge is 0.347 e. The summed E-state index contributed by atoms with van der Waals surface area (Å²) >= 11 is 0. The molecule has 0 amide bonds. The number of benzene rings is 1. The van der Waals surface area contributed by atoms with Crippen molar-refractivity contribution in [1.29, 1.82) is 0 Å². The van der Waals surface area contributed by atoms with E-state index in [1.54, 1.807) is 0 Å². The van der Waals surface area contributed by atoms with Gasteiger partial charge in [-0.3, -0.25) is 0 Å². The van der Waals surface area contributed by atoms with E-state index in [0.29, 0.717) is 6.54 Å². The third kappa shape index (κ3) is 4.11. The lowest BCUT2D eigenvalue weighted by Crippen LogP contribution is -1.99. The summed E-state index contributed by atoms with van der Waals surface area (Å²) in [6, 6.07) is 8.74. The van der Waals surface area contributed by atoms with Crippen LogP contribution in [0.25, 0.3) is 10.9 Å². The van der Waals surface area contributed by atoms with Crippen LogP contribution in [0.2, 0.25) is 0 Å². The number of hydrogen-bond donors (Lipinski definition) is 1. The van der Waals surface area contributed by atoms with Gasteiger partial charge in [0, 0.05) is 24.8 Å². The van der Waals surface area contributed by atoms with E-state index < -0.39 is 0 Å². The summed E-state index contributed by atoms with van der Waals surface area (Å²) in [5.74, 6) is 0. The van der Waals surface area contributed by atoms with Crippen molar-refractivity contribution in [2.24, 2.45) is 5.73 Å². The maximum Gasteiger partial charge on any atom is 0.0483 e. The van der Waals surface area contributed by atoms with Gasteiger partial charge in [0.2, 0.25) is 0 Å². The van der Waals surface area contributed by atoms with E-state index in [2.05, 4.69) is 42.0 Å². The minimum atomic E-state index is 0.624. The van der Waals surface area contributed by atoms with Gasteiger partial charge in [-0.05, 0) is 29.5 Å². The first-order valence-corrected chi connectivity index (χ1v) is 8.13. The van der Waals surface area contributed by atoms with Crippen LogP contribution in [-0.4, -0.2) is 4.57 Å². The molecule has 2 heteroatoms. The summed E-state index contributed by atoms with van der Waals surface area (Å²) in [4.78, 5) is 0. The Hall–Kier alpha value is -1.28. The lowest BCUT2D eigenvalue weighted by Gasteiger charge is -2.07. The highest BCUT2D eigenvalue weighted by molar-refractivity contribution is 5.80. The van der Waals surface area contributed by atoms with E-state index in [4.69, 9.17) is 5.73 Å². The predicted molar refractivity (Wildman–Crippen MR) is 87.8 cm³/mol. The molecule has 2 rings (SSSR count). The number of rotatable bonds is 9. The van der Waals surface area contributed by atoms with Crippen LogP contribution in [0, 0.1) is 0 Å². The smallest absolute Gasteiger partial charge is 0.0483 e. The van der Waals surface area contributed by atoms with Crippen molar-refractivity contribution >= 4 is 10.9 Å². The van der Waals surface area contributed by atoms with Gasteiger partial charge in [-0.25, -0.2) is 0 Å². The van der Waals surface area contributed by atoms with E-state index in [1.165, 1.54) is 61.4 Å². The van der Waals surface area contributed by atoms with Crippen LogP contribution in [0.15, 0.2) is 30.5 Å². The molecule has 0 fully saturated rings. The zero-order valence-electron chi connectivity index (χ0n) is 12.8. The average Bonchev–Trinajstić information content (AvgIpc) is 2.88. The molecule has 2 aromatic rings. The predicted octanol–water partition coefficient (Wildman–Crippen LogP) is 4.85. The Bertz CT molecular complexity index is 513. The van der Waals surface area contributed by atoms with Gasteiger partial charge in [0.15, 0.2) is 0 Å². The Balaban J connectivity index is 1.81. The minimum absolute atomic E-state index is 0.624. The fourth-order valence-electron chi connectivity index (χ4n) is 2.79. The monoisotopic (exact) mass is 272 g/mol. The quantitative estimate of drug-likeness (QED) is 0.650. The molecule has 0 bridgehead atoms. The van der Waals surface area contributed by atoms with Gasteiger partial charge in [-0.15, -0.1) is 0 Å². The van der Waals surface area contributed by atoms with Crippen LogP contribution >= 0.6 is 0 Å². The second-order valence-electron chi connectivity index (χ2n) is 5.73. The first-order valence-electron chi connectivity index (χ1n) is 8.13. The van der Waals surface area contributed by atoms with Crippen LogP contribution in [0.5, 0.6) is 0 Å². The van der Waals surface area contributed by atoms with Gasteiger partial charge >= 0.3 is 0 Å². The molecule has 20 heavy (non-hydrogen) atoms. The summed E-state index contributed by atoms with van der Waals surface area (Å²) in [5.41, 5.74) is 8.28. The Labute approximate surface area is 123 Å². The summed E-state index contributed by atoms with van der Waals surface area (Å²) in [6.45, 7) is 4.02. The van der Waals surface area contributed by atoms with Crippen LogP contribution in [0.3, 0.4) is 0 Å². The molecule has 0 aliphatic rings. The van der Waals surface area contributed by atoms with Crippen molar-refractivity contribution in [2.75, 3.05) is 0 Å². The molecule has 0 saturated heterocycles. The Morgan fingerprint density at radius 3 is 2.45 bits per heavy atom. The Kier molecular flexibility index (Phi) is 6.13. The third-order valence-electron chi connectivity index (χ3n) is 4.08. The number of unbranched alkanes of at least 4 members (excludes halogenated alkanes) is 6. The fraction of sp³-hybridized carbons (Fsp3) is 0.556. The highest BCUT2D eigenvalue weighted by Gasteiger charge is 2.01. The first-order chi connectivity index (χ1) is 9.85. The van der Waals surface area contributed by atoms with Crippen LogP contribution < -0.4 is 5.73 Å². The van der Waals surface area contributed by atoms with Crippen molar-refractivity contribution in [2.45, 2.75) is 65.0 Å². The molecule has 0 spiro atoms. The molecular formula is C18H28N2. The van der Waals surface area contributed by atoms with Crippen LogP contribution in [0.1, 0.15) is 57.4 Å². The molecule has 110 valence electrons. The molecule has 0 aliphatic heterocycles. The topological polar surface area (TPSA) is 30.9 Å². The molecule has 1 aromatic heterocycles. The number of nitrogens with zero attached hydrogens (tertiary/aromatic N) is 1. The molecular weight excluding hydrogens is 244 g/mol. The standard InChI is InChI=1S/C18H28N2/c1-2-3-4-5-6-7-8-12-20-13-11-17-10-9-16(15-19)14-18(17)20/h9-11,13-14H,2-8,12,15,19H2,1H3. The van der Waals surface area contributed by atoms with E-state index in [9.17, 15) is 0 Å². The third-order valence-corrected chi connectivity index (χ3v) is 4.08. The zero-order valence-corrected chi connectivity index (χ0v) is 12.8. The van der Waals surface area contributed by atoms with Gasteiger partial charge in [0.05, 0.1) is 0 Å². The molecule has 0 atom stereocenters. The van der Waals surface area contributed by atoms with Crippen LogP contribution in [0.4, 0.5) is 0 Å². The molecule has 2 nitrogen and oxygen atoms in total. The number of aromatic nitrogens is 1. The van der Waals surface area contributed by atoms with Gasteiger partial charge < -0.3 is 10.3 Å². The van der Waals surface area contributed by atoms with E-state index >= 15 is 0 Å². The molecule has 0 radical (unpaired) electrons. The lowest BCUT2D eigenvalue weighted by molar-refractivity contribution is 0.556. The normalized spacial score (nSPS) is 11.3. The number of aryl methyl sites for hydroxylation is 1. The first kappa shape index (κ1) is 15.1. The molecule has 0 aliphatic carbocycles. The van der Waals surface area contributed by atoms with Crippen molar-refractivity contribution in [3.8, 4) is 0 Å². The Morgan fingerprint density at radius 2 is 1.70 bits per heavy atom. The Morgan fingerprint density at radius 1 is 0.950 bits per heavy atom. The van der Waals surface area contributed by atoms with Crippen molar-refractivity contribution in [3.63, 3.8) is 0 Å². The summed E-state index contributed by atoms with van der Waals surface area (Å²) in [7, 11) is 0. The SMILES string of the molecule is CCCCCCCCCn1ccc2ccc(CN)cc21. The fourth-order valence-corrected chi connectivity index (χ4v) is 2.79. The maximum absolute atomic E-state index is 5.73. The van der Waals surface area contributed by atoms with Crippen LogP contribution in [-0.2, 0) is 13.1 Å². The highest BCUT2D eigenvalue weighted by Crippen LogP contribution is 2.18. The number of nitrogens with two attached hydrogens (primary N) is 1. The second kappa shape index (κ2) is 8.11. The lowest BCUT2D eigenvalue weighted by atomic mass is 10.1. The summed E-state index contributed by atoms with van der Waals surface area (Å²) in [6.07, 6.45) is 11.8. The van der Waals surface area contributed by atoms with Crippen molar-refractivity contribution in [1.82, 2.24) is 4.57 Å². The molecule has 2 N–H and O–H groups in total. The minimum Gasteiger partial charge on any atom is -0.347 e. The second-order valence-corrected chi connectivity index (χ2v) is 5.73. The van der Waals surface area contributed by atoms with Gasteiger partial charge in [-0.1, -0.05) is 57.6 Å². The maximum atomic E-state index is 5.73. The van der Waals surface area contributed by atoms with Crippen molar-refractivity contribution < 1.29 is 0 Å².